The van der Waals surface area contributed by atoms with E-state index in [0.29, 0.717) is 6.04 Å². The van der Waals surface area contributed by atoms with Crippen LogP contribution in [0.25, 0.3) is 0 Å². The first-order valence-corrected chi connectivity index (χ1v) is 5.26. The Bertz CT molecular complexity index is 137. The van der Waals surface area contributed by atoms with Gasteiger partial charge >= 0.3 is 0 Å². The maximum atomic E-state index is 5.78. The van der Waals surface area contributed by atoms with Gasteiger partial charge < -0.3 is 10.5 Å². The van der Waals surface area contributed by atoms with E-state index < -0.39 is 0 Å². The minimum Gasteiger partial charge on any atom is -0.383 e. The molecule has 1 atom stereocenters. The van der Waals surface area contributed by atoms with Gasteiger partial charge in [-0.2, -0.15) is 0 Å². The molecule has 0 heterocycles. The average Bonchev–Trinajstić information content (AvgIpc) is 2.95. The smallest absolute Gasteiger partial charge is 0.0589 e. The van der Waals surface area contributed by atoms with E-state index in [4.69, 9.17) is 10.5 Å². The van der Waals surface area contributed by atoms with E-state index in [2.05, 4.69) is 11.8 Å². The molecule has 1 fully saturated rings. The van der Waals surface area contributed by atoms with Crippen molar-refractivity contribution >= 4 is 0 Å². The van der Waals surface area contributed by atoms with Crippen LogP contribution in [0.5, 0.6) is 0 Å². The van der Waals surface area contributed by atoms with Crippen LogP contribution in [0.15, 0.2) is 0 Å². The Labute approximate surface area is 81.2 Å². The minimum atomic E-state index is 0.597. The number of rotatable bonds is 7. The number of hydrogen-bond acceptors (Lipinski definition) is 3. The molecule has 1 aliphatic rings. The Balaban J connectivity index is 2.32. The molecule has 3 heteroatoms. The fourth-order valence-corrected chi connectivity index (χ4v) is 1.89. The third-order valence-corrected chi connectivity index (χ3v) is 2.87. The first kappa shape index (κ1) is 11.0. The van der Waals surface area contributed by atoms with E-state index in [-0.39, 0.29) is 0 Å². The first-order valence-electron chi connectivity index (χ1n) is 5.26. The Kier molecular flexibility index (Phi) is 4.70. The third-order valence-electron chi connectivity index (χ3n) is 2.87. The number of hydrogen-bond donors (Lipinski definition) is 1. The predicted octanol–water partition coefficient (Wildman–Crippen LogP) is 0.692. The van der Waals surface area contributed by atoms with Crippen LogP contribution in [0.2, 0.25) is 0 Å². The molecule has 0 aromatic rings. The van der Waals surface area contributed by atoms with Gasteiger partial charge in [0.25, 0.3) is 0 Å². The minimum absolute atomic E-state index is 0.597. The summed E-state index contributed by atoms with van der Waals surface area (Å²) in [4.78, 5) is 2.45. The molecular weight excluding hydrogens is 164 g/mol. The van der Waals surface area contributed by atoms with E-state index in [1.807, 2.05) is 0 Å². The van der Waals surface area contributed by atoms with Crippen molar-refractivity contribution in [3.8, 4) is 0 Å². The number of nitrogens with two attached hydrogens (primary N) is 1. The average molecular weight is 186 g/mol. The first-order chi connectivity index (χ1) is 6.33. The number of methoxy groups -OCH3 is 1. The Morgan fingerprint density at radius 1 is 1.54 bits per heavy atom. The van der Waals surface area contributed by atoms with Crippen LogP contribution in [-0.2, 0) is 4.74 Å². The van der Waals surface area contributed by atoms with Gasteiger partial charge in [-0.05, 0) is 25.3 Å². The molecule has 0 amide bonds. The van der Waals surface area contributed by atoms with Crippen LogP contribution in [0.4, 0.5) is 0 Å². The van der Waals surface area contributed by atoms with Gasteiger partial charge in [0.2, 0.25) is 0 Å². The van der Waals surface area contributed by atoms with Gasteiger partial charge in [-0.25, -0.2) is 0 Å². The van der Waals surface area contributed by atoms with Gasteiger partial charge in [0, 0.05) is 26.2 Å². The fourth-order valence-electron chi connectivity index (χ4n) is 1.89. The standard InChI is InChI=1S/C10H22N2O/c1-3-12(6-7-13-2)10(8-11)9-4-5-9/h9-10H,3-8,11H2,1-2H3. The molecule has 1 saturated carbocycles. The number of ether oxygens (including phenoxy) is 1. The van der Waals surface area contributed by atoms with Crippen LogP contribution in [0.3, 0.4) is 0 Å². The number of nitrogens with zero attached hydrogens (tertiary/aromatic N) is 1. The molecule has 78 valence electrons. The summed E-state index contributed by atoms with van der Waals surface area (Å²) < 4.78 is 5.09. The van der Waals surface area contributed by atoms with Crippen molar-refractivity contribution < 1.29 is 4.74 Å². The van der Waals surface area contributed by atoms with E-state index in [1.54, 1.807) is 7.11 Å². The lowest BCUT2D eigenvalue weighted by Gasteiger charge is -2.29. The molecular formula is C10H22N2O. The summed E-state index contributed by atoms with van der Waals surface area (Å²) in [5.74, 6) is 0.863. The summed E-state index contributed by atoms with van der Waals surface area (Å²) in [6.07, 6.45) is 2.73. The summed E-state index contributed by atoms with van der Waals surface area (Å²) >= 11 is 0. The van der Waals surface area contributed by atoms with Crippen LogP contribution >= 0.6 is 0 Å². The van der Waals surface area contributed by atoms with Gasteiger partial charge in [0.1, 0.15) is 0 Å². The van der Waals surface area contributed by atoms with Crippen molar-refractivity contribution in [1.29, 1.82) is 0 Å². The van der Waals surface area contributed by atoms with E-state index >= 15 is 0 Å². The predicted molar refractivity (Wildman–Crippen MR) is 54.7 cm³/mol. The maximum absolute atomic E-state index is 5.78. The SMILES string of the molecule is CCN(CCOC)C(CN)C1CC1. The summed E-state index contributed by atoms with van der Waals surface area (Å²) in [7, 11) is 1.75. The fraction of sp³-hybridized carbons (Fsp3) is 1.00. The van der Waals surface area contributed by atoms with Crippen LogP contribution < -0.4 is 5.73 Å². The van der Waals surface area contributed by atoms with Gasteiger partial charge in [-0.1, -0.05) is 6.92 Å². The van der Waals surface area contributed by atoms with E-state index in [1.165, 1.54) is 12.8 Å². The van der Waals surface area contributed by atoms with Crippen molar-refractivity contribution in [2.45, 2.75) is 25.8 Å². The van der Waals surface area contributed by atoms with Crippen molar-refractivity contribution in [2.75, 3.05) is 33.4 Å². The molecule has 0 spiro atoms. The second-order valence-corrected chi connectivity index (χ2v) is 3.76. The molecule has 13 heavy (non-hydrogen) atoms. The Morgan fingerprint density at radius 2 is 2.23 bits per heavy atom. The Morgan fingerprint density at radius 3 is 2.62 bits per heavy atom. The highest BCUT2D eigenvalue weighted by molar-refractivity contribution is 4.88. The third kappa shape index (κ3) is 3.25. The lowest BCUT2D eigenvalue weighted by Crippen LogP contribution is -2.43. The molecule has 1 rings (SSSR count). The van der Waals surface area contributed by atoms with Crippen molar-refractivity contribution in [3.63, 3.8) is 0 Å². The molecule has 0 saturated heterocycles. The summed E-state index contributed by atoms with van der Waals surface area (Å²) in [5, 5.41) is 0. The molecule has 0 bridgehead atoms. The molecule has 1 aliphatic carbocycles. The van der Waals surface area contributed by atoms with E-state index in [9.17, 15) is 0 Å². The highest BCUT2D eigenvalue weighted by Gasteiger charge is 2.33. The van der Waals surface area contributed by atoms with Gasteiger partial charge in [0.15, 0.2) is 0 Å². The molecule has 2 N–H and O–H groups in total. The maximum Gasteiger partial charge on any atom is 0.0589 e. The summed E-state index contributed by atoms with van der Waals surface area (Å²) in [6.45, 7) is 5.91. The second kappa shape index (κ2) is 5.58. The van der Waals surface area contributed by atoms with Gasteiger partial charge in [-0.3, -0.25) is 4.90 Å². The molecule has 3 nitrogen and oxygen atoms in total. The second-order valence-electron chi connectivity index (χ2n) is 3.76. The quantitative estimate of drug-likeness (QED) is 0.636. The zero-order valence-electron chi connectivity index (χ0n) is 8.83. The van der Waals surface area contributed by atoms with Crippen molar-refractivity contribution in [2.24, 2.45) is 11.7 Å². The monoisotopic (exact) mass is 186 g/mol. The highest BCUT2D eigenvalue weighted by Crippen LogP contribution is 2.34. The van der Waals surface area contributed by atoms with Gasteiger partial charge in [-0.15, -0.1) is 0 Å². The molecule has 0 aromatic heterocycles. The zero-order valence-corrected chi connectivity index (χ0v) is 8.83. The zero-order chi connectivity index (χ0) is 9.68. The summed E-state index contributed by atoms with van der Waals surface area (Å²) in [6, 6.07) is 0.597. The topological polar surface area (TPSA) is 38.5 Å². The van der Waals surface area contributed by atoms with E-state index in [0.717, 1.165) is 32.2 Å². The van der Waals surface area contributed by atoms with Crippen LogP contribution in [-0.4, -0.2) is 44.3 Å². The Hall–Kier alpha value is -0.120. The lowest BCUT2D eigenvalue weighted by atomic mass is 10.1. The molecule has 0 aliphatic heterocycles. The molecule has 0 radical (unpaired) electrons. The van der Waals surface area contributed by atoms with Crippen LogP contribution in [0, 0.1) is 5.92 Å². The highest BCUT2D eigenvalue weighted by atomic mass is 16.5. The van der Waals surface area contributed by atoms with Crippen molar-refractivity contribution in [3.05, 3.63) is 0 Å². The van der Waals surface area contributed by atoms with Crippen LogP contribution in [0.1, 0.15) is 19.8 Å². The van der Waals surface area contributed by atoms with Gasteiger partial charge in [0.05, 0.1) is 6.61 Å². The normalized spacial score (nSPS) is 19.4. The molecule has 1 unspecified atom stereocenters. The largest absolute Gasteiger partial charge is 0.383 e. The van der Waals surface area contributed by atoms with Crippen molar-refractivity contribution in [1.82, 2.24) is 4.90 Å². The number of likely N-dealkylation sites (N-methyl/N-ethyl adjacent to an activating group) is 1. The molecule has 0 aromatic carbocycles. The summed E-state index contributed by atoms with van der Waals surface area (Å²) in [5.41, 5.74) is 5.78. The lowest BCUT2D eigenvalue weighted by molar-refractivity contribution is 0.117.